The standard InChI is InChI=1S/C14H10BrClF3NO/c15-10-3-1-8(5-12(10)17)7-20-9-2-4-13(11(16)6-9)21-14(18)19/h1-6,14,20H,7H2. The molecule has 0 aromatic heterocycles. The number of alkyl halides is 2. The van der Waals surface area contributed by atoms with Crippen LogP contribution in [-0.2, 0) is 6.54 Å². The van der Waals surface area contributed by atoms with Crippen molar-refractivity contribution in [1.29, 1.82) is 0 Å². The fourth-order valence-electron chi connectivity index (χ4n) is 1.66. The maximum atomic E-state index is 13.4. The summed E-state index contributed by atoms with van der Waals surface area (Å²) in [5.41, 5.74) is 1.35. The molecule has 2 aromatic rings. The molecule has 0 bridgehead atoms. The monoisotopic (exact) mass is 379 g/mol. The molecule has 0 fully saturated rings. The molecule has 0 aliphatic rings. The molecule has 0 atom stereocenters. The molecule has 0 radical (unpaired) electrons. The number of hydrogen-bond acceptors (Lipinski definition) is 2. The second-order valence-electron chi connectivity index (χ2n) is 4.13. The van der Waals surface area contributed by atoms with E-state index in [1.54, 1.807) is 18.2 Å². The van der Waals surface area contributed by atoms with Gasteiger partial charge in [0.15, 0.2) is 0 Å². The van der Waals surface area contributed by atoms with Gasteiger partial charge in [-0.05, 0) is 51.8 Å². The lowest BCUT2D eigenvalue weighted by Gasteiger charge is -2.10. The van der Waals surface area contributed by atoms with E-state index in [0.717, 1.165) is 5.56 Å². The van der Waals surface area contributed by atoms with Gasteiger partial charge in [0.1, 0.15) is 11.6 Å². The second-order valence-corrected chi connectivity index (χ2v) is 5.39. The third kappa shape index (κ3) is 4.54. The zero-order valence-corrected chi connectivity index (χ0v) is 12.9. The van der Waals surface area contributed by atoms with Gasteiger partial charge in [-0.15, -0.1) is 0 Å². The Balaban J connectivity index is 2.03. The fourth-order valence-corrected chi connectivity index (χ4v) is 2.13. The maximum Gasteiger partial charge on any atom is 0.387 e. The van der Waals surface area contributed by atoms with Crippen LogP contribution in [-0.4, -0.2) is 6.61 Å². The molecule has 2 nitrogen and oxygen atoms in total. The number of rotatable bonds is 5. The van der Waals surface area contributed by atoms with Crippen LogP contribution in [0.2, 0.25) is 5.02 Å². The fraction of sp³-hybridized carbons (Fsp3) is 0.143. The number of hydrogen-bond donors (Lipinski definition) is 1. The molecule has 0 aliphatic heterocycles. The lowest BCUT2D eigenvalue weighted by molar-refractivity contribution is -0.0497. The molecule has 0 heterocycles. The first-order valence-corrected chi connectivity index (χ1v) is 7.05. The molecule has 0 saturated carbocycles. The predicted octanol–water partition coefficient (Wildman–Crippen LogP) is 5.46. The van der Waals surface area contributed by atoms with Gasteiger partial charge in [0.25, 0.3) is 0 Å². The van der Waals surface area contributed by atoms with Crippen molar-refractivity contribution >= 4 is 33.2 Å². The van der Waals surface area contributed by atoms with Crippen molar-refractivity contribution in [3.8, 4) is 5.75 Å². The molecule has 21 heavy (non-hydrogen) atoms. The largest absolute Gasteiger partial charge is 0.433 e. The molecule has 1 N–H and O–H groups in total. The number of anilines is 1. The van der Waals surface area contributed by atoms with Crippen LogP contribution in [0.3, 0.4) is 0 Å². The van der Waals surface area contributed by atoms with Gasteiger partial charge < -0.3 is 10.1 Å². The highest BCUT2D eigenvalue weighted by Gasteiger charge is 2.09. The summed E-state index contributed by atoms with van der Waals surface area (Å²) < 4.78 is 42.2. The van der Waals surface area contributed by atoms with Crippen LogP contribution in [0.5, 0.6) is 5.75 Å². The minimum absolute atomic E-state index is 0.0716. The van der Waals surface area contributed by atoms with Gasteiger partial charge in [-0.25, -0.2) is 4.39 Å². The molecule has 2 aromatic carbocycles. The third-order valence-corrected chi connectivity index (χ3v) is 3.57. The Kier molecular flexibility index (Phi) is 5.36. The molecule has 0 spiro atoms. The van der Waals surface area contributed by atoms with Gasteiger partial charge in [-0.1, -0.05) is 17.7 Å². The minimum Gasteiger partial charge on any atom is -0.433 e. The third-order valence-electron chi connectivity index (χ3n) is 2.63. The summed E-state index contributed by atoms with van der Waals surface area (Å²) in [6, 6.07) is 9.13. The highest BCUT2D eigenvalue weighted by atomic mass is 79.9. The van der Waals surface area contributed by atoms with Crippen LogP contribution in [0.4, 0.5) is 18.9 Å². The molecular formula is C14H10BrClF3NO. The Hall–Kier alpha value is -1.40. The molecule has 0 saturated heterocycles. The van der Waals surface area contributed by atoms with Crippen molar-refractivity contribution in [2.75, 3.05) is 5.32 Å². The predicted molar refractivity (Wildman–Crippen MR) is 79.5 cm³/mol. The van der Waals surface area contributed by atoms with Crippen molar-refractivity contribution < 1.29 is 17.9 Å². The van der Waals surface area contributed by atoms with E-state index in [9.17, 15) is 13.2 Å². The van der Waals surface area contributed by atoms with Gasteiger partial charge in [-0.3, -0.25) is 0 Å². The van der Waals surface area contributed by atoms with Gasteiger partial charge in [0, 0.05) is 12.2 Å². The molecule has 7 heteroatoms. The highest BCUT2D eigenvalue weighted by molar-refractivity contribution is 9.10. The van der Waals surface area contributed by atoms with E-state index < -0.39 is 6.61 Å². The van der Waals surface area contributed by atoms with Crippen LogP contribution in [0.1, 0.15) is 5.56 Å². The maximum absolute atomic E-state index is 13.4. The Morgan fingerprint density at radius 1 is 1.19 bits per heavy atom. The molecule has 2 rings (SSSR count). The van der Waals surface area contributed by atoms with Gasteiger partial charge in [0.05, 0.1) is 9.50 Å². The quantitative estimate of drug-likeness (QED) is 0.744. The van der Waals surface area contributed by atoms with Crippen LogP contribution in [0.15, 0.2) is 40.9 Å². The minimum atomic E-state index is -2.92. The van der Waals surface area contributed by atoms with Crippen LogP contribution in [0.25, 0.3) is 0 Å². The Morgan fingerprint density at radius 2 is 1.95 bits per heavy atom. The first-order valence-electron chi connectivity index (χ1n) is 5.88. The summed E-state index contributed by atoms with van der Waals surface area (Å²) in [7, 11) is 0. The second kappa shape index (κ2) is 7.04. The van der Waals surface area contributed by atoms with Gasteiger partial charge in [-0.2, -0.15) is 8.78 Å². The number of halogens is 5. The normalized spacial score (nSPS) is 10.8. The summed E-state index contributed by atoms with van der Waals surface area (Å²) in [5.74, 6) is -0.445. The lowest BCUT2D eigenvalue weighted by atomic mass is 10.2. The van der Waals surface area contributed by atoms with E-state index in [1.807, 2.05) is 0 Å². The number of nitrogens with one attached hydrogen (secondary N) is 1. The summed E-state index contributed by atoms with van der Waals surface area (Å²) in [5, 5.41) is 3.09. The van der Waals surface area contributed by atoms with E-state index in [4.69, 9.17) is 11.6 Å². The number of ether oxygens (including phenoxy) is 1. The first kappa shape index (κ1) is 16.0. The SMILES string of the molecule is Fc1cc(CNc2ccc(OC(F)F)c(Cl)c2)ccc1Br. The van der Waals surface area contributed by atoms with E-state index in [1.165, 1.54) is 18.2 Å². The highest BCUT2D eigenvalue weighted by Crippen LogP contribution is 2.29. The Bertz CT molecular complexity index is 640. The number of benzene rings is 2. The topological polar surface area (TPSA) is 21.3 Å². The molecule has 112 valence electrons. The van der Waals surface area contributed by atoms with E-state index in [-0.39, 0.29) is 16.6 Å². The van der Waals surface area contributed by atoms with Crippen molar-refractivity contribution in [1.82, 2.24) is 0 Å². The average molecular weight is 381 g/mol. The Morgan fingerprint density at radius 3 is 2.57 bits per heavy atom. The van der Waals surface area contributed by atoms with Crippen LogP contribution in [0, 0.1) is 5.82 Å². The first-order chi connectivity index (χ1) is 9.95. The van der Waals surface area contributed by atoms with E-state index in [2.05, 4.69) is 26.0 Å². The van der Waals surface area contributed by atoms with E-state index in [0.29, 0.717) is 16.7 Å². The van der Waals surface area contributed by atoms with Crippen LogP contribution >= 0.6 is 27.5 Å². The van der Waals surface area contributed by atoms with Crippen molar-refractivity contribution in [2.45, 2.75) is 13.2 Å². The molecule has 0 unspecified atom stereocenters. The smallest absolute Gasteiger partial charge is 0.387 e. The summed E-state index contributed by atoms with van der Waals surface area (Å²) >= 11 is 8.91. The zero-order valence-electron chi connectivity index (χ0n) is 10.5. The average Bonchev–Trinajstić information content (AvgIpc) is 2.42. The van der Waals surface area contributed by atoms with Gasteiger partial charge in [0.2, 0.25) is 0 Å². The van der Waals surface area contributed by atoms with Crippen LogP contribution < -0.4 is 10.1 Å². The summed E-state index contributed by atoms with van der Waals surface area (Å²) in [6.07, 6.45) is 0. The molecular weight excluding hydrogens is 371 g/mol. The van der Waals surface area contributed by atoms with Crippen molar-refractivity contribution in [3.05, 3.63) is 57.3 Å². The lowest BCUT2D eigenvalue weighted by Crippen LogP contribution is -2.03. The summed E-state index contributed by atoms with van der Waals surface area (Å²) in [6.45, 7) is -2.55. The molecule has 0 aliphatic carbocycles. The van der Waals surface area contributed by atoms with Crippen molar-refractivity contribution in [2.24, 2.45) is 0 Å². The van der Waals surface area contributed by atoms with Gasteiger partial charge >= 0.3 is 6.61 Å². The molecule has 0 amide bonds. The summed E-state index contributed by atoms with van der Waals surface area (Å²) in [4.78, 5) is 0. The zero-order chi connectivity index (χ0) is 15.4. The van der Waals surface area contributed by atoms with E-state index >= 15 is 0 Å². The van der Waals surface area contributed by atoms with Crippen molar-refractivity contribution in [3.63, 3.8) is 0 Å². The Labute approximate surface area is 133 Å².